The number of aromatic amines is 1. The molecule has 1 atom stereocenters. The number of nitrogens with two attached hydrogens (primary N) is 1. The number of hydrogen-bond acceptors (Lipinski definition) is 3. The highest BCUT2D eigenvalue weighted by molar-refractivity contribution is 6.03. The zero-order chi connectivity index (χ0) is 15.7. The second kappa shape index (κ2) is 5.56. The third kappa shape index (κ3) is 3.31. The largest absolute Gasteiger partial charge is 0.364 e. The van der Waals surface area contributed by atoms with Gasteiger partial charge in [-0.2, -0.15) is 5.10 Å². The molecule has 0 aliphatic carbocycles. The average molecular weight is 288 g/mol. The Balaban J connectivity index is 3.10. The van der Waals surface area contributed by atoms with Crippen molar-refractivity contribution in [3.05, 3.63) is 11.4 Å². The smallest absolute Gasteiger partial charge is 0.271 e. The van der Waals surface area contributed by atoms with Gasteiger partial charge in [-0.15, -0.1) is 0 Å². The van der Waals surface area contributed by atoms with Crippen molar-refractivity contribution in [1.82, 2.24) is 10.2 Å². The molecule has 1 rings (SSSR count). The molecular weight excluding hydrogens is 270 g/mol. The van der Waals surface area contributed by atoms with Crippen molar-refractivity contribution in [1.29, 1.82) is 0 Å². The van der Waals surface area contributed by atoms with E-state index >= 15 is 0 Å². The van der Waals surface area contributed by atoms with E-state index in [1.165, 1.54) is 0 Å². The van der Waals surface area contributed by atoms with Crippen molar-refractivity contribution in [2.24, 2.45) is 11.7 Å². The Morgan fingerprint density at radius 2 is 1.90 bits per heavy atom. The highest BCUT2D eigenvalue weighted by atomic mass is 19.3. The van der Waals surface area contributed by atoms with Crippen molar-refractivity contribution in [3.63, 3.8) is 0 Å². The normalized spacial score (nSPS) is 13.3. The SMILES string of the molecule is CC(C)c1[nH]nc(C(N)=O)c1NC(=O)C(C)C(C)(F)F. The van der Waals surface area contributed by atoms with Gasteiger partial charge in [0.1, 0.15) is 0 Å². The summed E-state index contributed by atoms with van der Waals surface area (Å²) in [7, 11) is 0. The molecule has 1 aromatic rings. The summed E-state index contributed by atoms with van der Waals surface area (Å²) in [6, 6.07) is 0. The molecule has 20 heavy (non-hydrogen) atoms. The van der Waals surface area contributed by atoms with Crippen molar-refractivity contribution in [2.75, 3.05) is 5.32 Å². The molecule has 8 heteroatoms. The molecule has 2 amide bonds. The molecule has 0 fully saturated rings. The predicted octanol–water partition coefficient (Wildman–Crippen LogP) is 1.86. The summed E-state index contributed by atoms with van der Waals surface area (Å²) in [5.74, 6) is -6.55. The number of nitrogens with zero attached hydrogens (tertiary/aromatic N) is 1. The highest BCUT2D eigenvalue weighted by Gasteiger charge is 2.36. The Hall–Kier alpha value is -1.99. The van der Waals surface area contributed by atoms with Crippen molar-refractivity contribution >= 4 is 17.5 Å². The van der Waals surface area contributed by atoms with Gasteiger partial charge in [0.25, 0.3) is 11.8 Å². The van der Waals surface area contributed by atoms with Crippen LogP contribution in [-0.2, 0) is 4.79 Å². The molecule has 4 N–H and O–H groups in total. The first-order chi connectivity index (χ1) is 9.05. The Bertz CT molecular complexity index is 520. The molecule has 0 radical (unpaired) electrons. The van der Waals surface area contributed by atoms with E-state index in [1.807, 2.05) is 0 Å². The summed E-state index contributed by atoms with van der Waals surface area (Å²) >= 11 is 0. The maximum atomic E-state index is 13.1. The molecule has 0 saturated heterocycles. The second-order valence-electron chi connectivity index (χ2n) is 5.05. The molecule has 0 bridgehead atoms. The Morgan fingerprint density at radius 3 is 2.30 bits per heavy atom. The first kappa shape index (κ1) is 16.1. The van der Waals surface area contributed by atoms with Gasteiger partial charge in [-0.3, -0.25) is 14.7 Å². The summed E-state index contributed by atoms with van der Waals surface area (Å²) in [6.45, 7) is 5.36. The van der Waals surface area contributed by atoms with Crippen LogP contribution in [0.5, 0.6) is 0 Å². The van der Waals surface area contributed by atoms with E-state index in [0.717, 1.165) is 6.92 Å². The fourth-order valence-corrected chi connectivity index (χ4v) is 1.54. The zero-order valence-electron chi connectivity index (χ0n) is 11.8. The third-order valence-corrected chi connectivity index (χ3v) is 3.01. The molecule has 0 saturated carbocycles. The van der Waals surface area contributed by atoms with Crippen LogP contribution in [0.15, 0.2) is 0 Å². The Morgan fingerprint density at radius 1 is 1.35 bits per heavy atom. The Kier molecular flexibility index (Phi) is 4.46. The number of nitrogens with one attached hydrogen (secondary N) is 2. The van der Waals surface area contributed by atoms with E-state index in [-0.39, 0.29) is 17.3 Å². The van der Waals surface area contributed by atoms with Crippen LogP contribution in [0.1, 0.15) is 49.8 Å². The zero-order valence-corrected chi connectivity index (χ0v) is 11.8. The van der Waals surface area contributed by atoms with Crippen LogP contribution in [0.3, 0.4) is 0 Å². The molecule has 0 aromatic carbocycles. The van der Waals surface area contributed by atoms with Gasteiger partial charge in [0.2, 0.25) is 5.91 Å². The summed E-state index contributed by atoms with van der Waals surface area (Å²) in [5.41, 5.74) is 5.49. The summed E-state index contributed by atoms with van der Waals surface area (Å²) in [5, 5.41) is 8.61. The average Bonchev–Trinajstić information content (AvgIpc) is 2.70. The number of carbonyl (C=O) groups is 2. The number of H-pyrrole nitrogens is 1. The monoisotopic (exact) mass is 288 g/mol. The van der Waals surface area contributed by atoms with Crippen LogP contribution < -0.4 is 11.1 Å². The topological polar surface area (TPSA) is 101 Å². The van der Waals surface area contributed by atoms with E-state index in [9.17, 15) is 18.4 Å². The van der Waals surface area contributed by atoms with Crippen LogP contribution >= 0.6 is 0 Å². The molecule has 0 aliphatic heterocycles. The van der Waals surface area contributed by atoms with Gasteiger partial charge in [0.05, 0.1) is 17.3 Å². The second-order valence-corrected chi connectivity index (χ2v) is 5.05. The molecule has 1 unspecified atom stereocenters. The number of carbonyl (C=O) groups excluding carboxylic acids is 2. The standard InChI is InChI=1S/C12H18F2N4O2/c1-5(2)7-8(9(10(15)19)18-17-7)16-11(20)6(3)12(4,13)14/h5-6H,1-4H3,(H2,15,19)(H,16,20)(H,17,18). The molecule has 112 valence electrons. The third-order valence-electron chi connectivity index (χ3n) is 3.01. The van der Waals surface area contributed by atoms with Crippen LogP contribution in [0.4, 0.5) is 14.5 Å². The van der Waals surface area contributed by atoms with Crippen LogP contribution in [-0.4, -0.2) is 27.9 Å². The fraction of sp³-hybridized carbons (Fsp3) is 0.583. The van der Waals surface area contributed by atoms with E-state index in [4.69, 9.17) is 5.73 Å². The summed E-state index contributed by atoms with van der Waals surface area (Å²) in [4.78, 5) is 23.1. The number of rotatable bonds is 5. The van der Waals surface area contributed by atoms with Gasteiger partial charge in [-0.05, 0) is 12.8 Å². The molecule has 1 heterocycles. The Labute approximate surface area is 115 Å². The quantitative estimate of drug-likeness (QED) is 0.770. The predicted molar refractivity (Wildman–Crippen MR) is 69.6 cm³/mol. The number of primary amides is 1. The maximum Gasteiger partial charge on any atom is 0.271 e. The lowest BCUT2D eigenvalue weighted by Crippen LogP contribution is -2.34. The number of alkyl halides is 2. The minimum absolute atomic E-state index is 0.0635. The number of amides is 2. The van der Waals surface area contributed by atoms with Gasteiger partial charge >= 0.3 is 0 Å². The fourth-order valence-electron chi connectivity index (χ4n) is 1.54. The molecule has 1 aromatic heterocycles. The van der Waals surface area contributed by atoms with Crippen LogP contribution in [0.2, 0.25) is 0 Å². The van der Waals surface area contributed by atoms with Crippen LogP contribution in [0.25, 0.3) is 0 Å². The summed E-state index contributed by atoms with van der Waals surface area (Å²) < 4.78 is 26.3. The molecular formula is C12H18F2N4O2. The van der Waals surface area contributed by atoms with Gasteiger partial charge in [0, 0.05) is 6.92 Å². The van der Waals surface area contributed by atoms with Crippen LogP contribution in [0, 0.1) is 5.92 Å². The lowest BCUT2D eigenvalue weighted by atomic mass is 10.0. The first-order valence-corrected chi connectivity index (χ1v) is 6.12. The lowest BCUT2D eigenvalue weighted by Gasteiger charge is -2.19. The van der Waals surface area contributed by atoms with E-state index in [2.05, 4.69) is 15.5 Å². The van der Waals surface area contributed by atoms with Gasteiger partial charge in [-0.1, -0.05) is 13.8 Å². The number of anilines is 1. The first-order valence-electron chi connectivity index (χ1n) is 6.12. The van der Waals surface area contributed by atoms with Crippen molar-refractivity contribution in [3.8, 4) is 0 Å². The number of halogens is 2. The van der Waals surface area contributed by atoms with Gasteiger partial charge < -0.3 is 11.1 Å². The van der Waals surface area contributed by atoms with Crippen molar-refractivity contribution in [2.45, 2.75) is 39.5 Å². The van der Waals surface area contributed by atoms with Gasteiger partial charge in [-0.25, -0.2) is 8.78 Å². The number of aromatic nitrogens is 2. The van der Waals surface area contributed by atoms with Crippen molar-refractivity contribution < 1.29 is 18.4 Å². The highest BCUT2D eigenvalue weighted by Crippen LogP contribution is 2.28. The minimum atomic E-state index is -3.17. The van der Waals surface area contributed by atoms with E-state index < -0.39 is 23.7 Å². The summed E-state index contributed by atoms with van der Waals surface area (Å²) in [6.07, 6.45) is 0. The molecule has 6 nitrogen and oxygen atoms in total. The van der Waals surface area contributed by atoms with E-state index in [0.29, 0.717) is 12.6 Å². The lowest BCUT2D eigenvalue weighted by molar-refractivity contribution is -0.130. The molecule has 0 aliphatic rings. The van der Waals surface area contributed by atoms with E-state index in [1.54, 1.807) is 13.8 Å². The number of hydrogen-bond donors (Lipinski definition) is 3. The maximum absolute atomic E-state index is 13.1. The molecule has 0 spiro atoms. The minimum Gasteiger partial charge on any atom is -0.364 e. The van der Waals surface area contributed by atoms with Gasteiger partial charge in [0.15, 0.2) is 5.69 Å².